The van der Waals surface area contributed by atoms with Crippen molar-refractivity contribution in [3.63, 3.8) is 0 Å². The molecule has 0 aliphatic carbocycles. The van der Waals surface area contributed by atoms with E-state index in [2.05, 4.69) is 21.2 Å². The van der Waals surface area contributed by atoms with Crippen LogP contribution in [0.5, 0.6) is 0 Å². The Morgan fingerprint density at radius 2 is 1.91 bits per heavy atom. The van der Waals surface area contributed by atoms with Gasteiger partial charge in [-0.15, -0.1) is 0 Å². The van der Waals surface area contributed by atoms with Crippen LogP contribution in [-0.2, 0) is 14.3 Å². The van der Waals surface area contributed by atoms with Crippen molar-refractivity contribution >= 4 is 39.6 Å². The van der Waals surface area contributed by atoms with Gasteiger partial charge in [-0.1, -0.05) is 34.1 Å². The predicted molar refractivity (Wildman–Crippen MR) is 89.2 cm³/mol. The fourth-order valence-corrected chi connectivity index (χ4v) is 2.09. The van der Waals surface area contributed by atoms with Crippen molar-refractivity contribution in [3.05, 3.63) is 70.5 Å². The van der Waals surface area contributed by atoms with Crippen LogP contribution in [0.2, 0.25) is 0 Å². The zero-order chi connectivity index (χ0) is 16.7. The number of amides is 1. The van der Waals surface area contributed by atoms with Crippen LogP contribution < -0.4 is 5.32 Å². The topological polar surface area (TPSA) is 55.4 Å². The SMILES string of the molecule is O=C(COC(=O)/C=C/c1ccc(F)cc1)Nc1cccc(Br)c1. The third-order valence-electron chi connectivity index (χ3n) is 2.74. The van der Waals surface area contributed by atoms with E-state index in [0.29, 0.717) is 11.3 Å². The molecule has 0 unspecified atom stereocenters. The molecule has 4 nitrogen and oxygen atoms in total. The van der Waals surface area contributed by atoms with Gasteiger partial charge >= 0.3 is 5.97 Å². The lowest BCUT2D eigenvalue weighted by molar-refractivity contribution is -0.142. The van der Waals surface area contributed by atoms with Crippen LogP contribution in [0.1, 0.15) is 5.56 Å². The molecule has 0 bridgehead atoms. The number of ether oxygens (including phenoxy) is 1. The summed E-state index contributed by atoms with van der Waals surface area (Å²) in [5.74, 6) is -1.45. The lowest BCUT2D eigenvalue weighted by Crippen LogP contribution is -2.20. The summed E-state index contributed by atoms with van der Waals surface area (Å²) in [6, 6.07) is 12.7. The minimum Gasteiger partial charge on any atom is -0.452 e. The van der Waals surface area contributed by atoms with Gasteiger partial charge in [0.2, 0.25) is 0 Å². The van der Waals surface area contributed by atoms with E-state index in [-0.39, 0.29) is 12.4 Å². The highest BCUT2D eigenvalue weighted by Crippen LogP contribution is 2.15. The van der Waals surface area contributed by atoms with Gasteiger partial charge in [-0.25, -0.2) is 9.18 Å². The van der Waals surface area contributed by atoms with Crippen molar-refractivity contribution in [3.8, 4) is 0 Å². The number of hydrogen-bond donors (Lipinski definition) is 1. The summed E-state index contributed by atoms with van der Waals surface area (Å²) in [6.45, 7) is -0.390. The first-order valence-corrected chi connectivity index (χ1v) is 7.48. The molecule has 0 saturated carbocycles. The highest BCUT2D eigenvalue weighted by atomic mass is 79.9. The Bertz CT molecular complexity index is 729. The van der Waals surface area contributed by atoms with Crippen molar-refractivity contribution in [2.75, 3.05) is 11.9 Å². The number of nitrogens with one attached hydrogen (secondary N) is 1. The number of carbonyl (C=O) groups excluding carboxylic acids is 2. The number of carbonyl (C=O) groups is 2. The molecule has 118 valence electrons. The van der Waals surface area contributed by atoms with Gasteiger partial charge in [0.15, 0.2) is 6.61 Å². The molecule has 0 spiro atoms. The lowest BCUT2D eigenvalue weighted by Gasteiger charge is -2.05. The van der Waals surface area contributed by atoms with Crippen molar-refractivity contribution in [2.45, 2.75) is 0 Å². The Labute approximate surface area is 141 Å². The standard InChI is InChI=1S/C17H13BrFNO3/c18-13-2-1-3-15(10-13)20-16(21)11-23-17(22)9-6-12-4-7-14(19)8-5-12/h1-10H,11H2,(H,20,21)/b9-6+. The quantitative estimate of drug-likeness (QED) is 0.637. The van der Waals surface area contributed by atoms with Gasteiger partial charge in [-0.2, -0.15) is 0 Å². The molecule has 0 fully saturated rings. The fraction of sp³-hybridized carbons (Fsp3) is 0.0588. The Morgan fingerprint density at radius 1 is 1.17 bits per heavy atom. The molecule has 0 radical (unpaired) electrons. The van der Waals surface area contributed by atoms with Crippen LogP contribution in [0.3, 0.4) is 0 Å². The molecule has 0 atom stereocenters. The van der Waals surface area contributed by atoms with Crippen molar-refractivity contribution in [2.24, 2.45) is 0 Å². The third-order valence-corrected chi connectivity index (χ3v) is 3.23. The van der Waals surface area contributed by atoms with Crippen molar-refractivity contribution in [1.82, 2.24) is 0 Å². The van der Waals surface area contributed by atoms with Crippen LogP contribution in [0.4, 0.5) is 10.1 Å². The normalized spacial score (nSPS) is 10.5. The molecule has 0 aliphatic heterocycles. The van der Waals surface area contributed by atoms with Crippen LogP contribution in [-0.4, -0.2) is 18.5 Å². The van der Waals surface area contributed by atoms with Gasteiger partial charge in [0, 0.05) is 16.2 Å². The molecule has 1 N–H and O–H groups in total. The maximum absolute atomic E-state index is 12.7. The molecule has 0 heterocycles. The highest BCUT2D eigenvalue weighted by molar-refractivity contribution is 9.10. The molecule has 0 saturated heterocycles. The Balaban J connectivity index is 1.79. The first-order chi connectivity index (χ1) is 11.0. The summed E-state index contributed by atoms with van der Waals surface area (Å²) in [6.07, 6.45) is 2.66. The smallest absolute Gasteiger partial charge is 0.331 e. The number of esters is 1. The minimum absolute atomic E-state index is 0.353. The number of halogens is 2. The summed E-state index contributed by atoms with van der Waals surface area (Å²) in [4.78, 5) is 23.2. The largest absolute Gasteiger partial charge is 0.452 e. The van der Waals surface area contributed by atoms with E-state index in [9.17, 15) is 14.0 Å². The zero-order valence-corrected chi connectivity index (χ0v) is 13.5. The number of rotatable bonds is 5. The second-order valence-corrected chi connectivity index (χ2v) is 5.47. The van der Waals surface area contributed by atoms with Crippen LogP contribution in [0.15, 0.2) is 59.1 Å². The first kappa shape index (κ1) is 16.9. The lowest BCUT2D eigenvalue weighted by atomic mass is 10.2. The maximum Gasteiger partial charge on any atom is 0.331 e. The average Bonchev–Trinajstić information content (AvgIpc) is 2.52. The van der Waals surface area contributed by atoms with Crippen molar-refractivity contribution in [1.29, 1.82) is 0 Å². The van der Waals surface area contributed by atoms with Crippen LogP contribution in [0.25, 0.3) is 6.08 Å². The van der Waals surface area contributed by atoms with E-state index in [1.807, 2.05) is 6.07 Å². The van der Waals surface area contributed by atoms with E-state index >= 15 is 0 Å². The molecule has 0 aliphatic rings. The molecule has 6 heteroatoms. The number of anilines is 1. The molecular formula is C17H13BrFNO3. The van der Waals surface area contributed by atoms with Gasteiger partial charge in [0.1, 0.15) is 5.82 Å². The summed E-state index contributed by atoms with van der Waals surface area (Å²) in [7, 11) is 0. The van der Waals surface area contributed by atoms with Crippen LogP contribution >= 0.6 is 15.9 Å². The molecule has 23 heavy (non-hydrogen) atoms. The second-order valence-electron chi connectivity index (χ2n) is 4.55. The fourth-order valence-electron chi connectivity index (χ4n) is 1.69. The molecular weight excluding hydrogens is 365 g/mol. The Morgan fingerprint density at radius 3 is 2.61 bits per heavy atom. The molecule has 2 aromatic rings. The van der Waals surface area contributed by atoms with E-state index < -0.39 is 11.9 Å². The van der Waals surface area contributed by atoms with Crippen molar-refractivity contribution < 1.29 is 18.7 Å². The maximum atomic E-state index is 12.7. The van der Waals surface area contributed by atoms with E-state index in [0.717, 1.165) is 4.47 Å². The van der Waals surface area contributed by atoms with Gasteiger partial charge in [0.05, 0.1) is 0 Å². The number of benzene rings is 2. The number of hydrogen-bond acceptors (Lipinski definition) is 3. The summed E-state index contributed by atoms with van der Waals surface area (Å²) in [5.41, 5.74) is 1.25. The summed E-state index contributed by atoms with van der Waals surface area (Å²) in [5, 5.41) is 2.61. The van der Waals surface area contributed by atoms with Gasteiger partial charge in [-0.05, 0) is 42.0 Å². The first-order valence-electron chi connectivity index (χ1n) is 6.69. The second kappa shape index (κ2) is 8.24. The predicted octanol–water partition coefficient (Wildman–Crippen LogP) is 3.78. The molecule has 2 rings (SSSR count). The van der Waals surface area contributed by atoms with E-state index in [1.165, 1.54) is 36.4 Å². The van der Waals surface area contributed by atoms with E-state index in [4.69, 9.17) is 4.74 Å². The molecule has 1 amide bonds. The molecule has 0 aromatic heterocycles. The average molecular weight is 378 g/mol. The highest BCUT2D eigenvalue weighted by Gasteiger charge is 2.05. The minimum atomic E-state index is -0.654. The van der Waals surface area contributed by atoms with Crippen LogP contribution in [0, 0.1) is 5.82 Å². The van der Waals surface area contributed by atoms with Gasteiger partial charge in [-0.3, -0.25) is 4.79 Å². The summed E-state index contributed by atoms with van der Waals surface area (Å²) < 4.78 is 18.4. The monoisotopic (exact) mass is 377 g/mol. The summed E-state index contributed by atoms with van der Waals surface area (Å²) >= 11 is 3.29. The Kier molecular flexibility index (Phi) is 6.05. The third kappa shape index (κ3) is 6.04. The Hall–Kier alpha value is -2.47. The van der Waals surface area contributed by atoms with Gasteiger partial charge < -0.3 is 10.1 Å². The molecule has 2 aromatic carbocycles. The van der Waals surface area contributed by atoms with E-state index in [1.54, 1.807) is 18.2 Å². The van der Waals surface area contributed by atoms with Gasteiger partial charge in [0.25, 0.3) is 5.91 Å². The zero-order valence-electron chi connectivity index (χ0n) is 12.0.